The van der Waals surface area contributed by atoms with Crippen molar-refractivity contribution in [3.8, 4) is 23.0 Å². The first kappa shape index (κ1) is 71.4. The van der Waals surface area contributed by atoms with Crippen LogP contribution in [-0.2, 0) is 0 Å². The normalized spacial score (nSPS) is 11.7. The number of unbranched alkanes of at least 4 members (excludes halogenated alkanes) is 44. The second kappa shape index (κ2) is 46.8. The van der Waals surface area contributed by atoms with E-state index >= 15 is 0 Å². The van der Waals surface area contributed by atoms with Gasteiger partial charge in [0.15, 0.2) is 23.0 Å². The Morgan fingerprint density at radius 1 is 0.294 bits per heavy atom. The van der Waals surface area contributed by atoms with Crippen LogP contribution in [0.2, 0.25) is 0 Å². The Labute approximate surface area is 519 Å². The number of aromatic nitrogens is 2. The fourth-order valence-electron chi connectivity index (χ4n) is 12.5. The minimum Gasteiger partial charge on any atom is -0.490 e. The molecule has 478 valence electrons. The molecule has 85 heavy (non-hydrogen) atoms. The van der Waals surface area contributed by atoms with Gasteiger partial charge in [0, 0.05) is 10.8 Å². The van der Waals surface area contributed by atoms with E-state index < -0.39 is 5.97 Å². The minimum atomic E-state index is -0.985. The average Bonchev–Trinajstić information content (AvgIpc) is 0.888. The van der Waals surface area contributed by atoms with Gasteiger partial charge in [0.1, 0.15) is 0 Å². The first-order valence-corrected chi connectivity index (χ1v) is 36.4. The van der Waals surface area contributed by atoms with Crippen LogP contribution in [0.25, 0.3) is 43.6 Å². The van der Waals surface area contributed by atoms with E-state index in [-0.39, 0.29) is 5.56 Å². The second-order valence-corrected chi connectivity index (χ2v) is 25.6. The molecule has 0 unspecified atom stereocenters. The molecule has 5 rings (SSSR count). The van der Waals surface area contributed by atoms with Gasteiger partial charge in [0.2, 0.25) is 0 Å². The van der Waals surface area contributed by atoms with E-state index in [2.05, 4.69) is 52.0 Å². The lowest BCUT2D eigenvalue weighted by molar-refractivity contribution is 0.0697. The van der Waals surface area contributed by atoms with Crippen LogP contribution < -0.4 is 18.9 Å². The van der Waals surface area contributed by atoms with Gasteiger partial charge in [-0.3, -0.25) is 0 Å². The van der Waals surface area contributed by atoms with Crippen LogP contribution in [0.4, 0.5) is 0 Å². The number of carboxylic acid groups (broad SMARTS) is 1. The first-order chi connectivity index (χ1) is 42.0. The molecule has 0 saturated carbocycles. The summed E-state index contributed by atoms with van der Waals surface area (Å²) < 4.78 is 27.2. The third-order valence-electron chi connectivity index (χ3n) is 17.9. The number of aromatic carboxylic acids is 1. The number of hydrogen-bond donors (Lipinski definition) is 1. The molecule has 0 fully saturated rings. The molecule has 0 aliphatic rings. The van der Waals surface area contributed by atoms with Crippen molar-refractivity contribution < 1.29 is 28.8 Å². The van der Waals surface area contributed by atoms with Crippen molar-refractivity contribution in [1.82, 2.24) is 9.97 Å². The minimum absolute atomic E-state index is 0.189. The molecule has 1 N–H and O–H groups in total. The Bertz CT molecular complexity index is 2500. The number of carboxylic acids is 1. The third-order valence-corrected chi connectivity index (χ3v) is 17.9. The number of hydrogen-bond acceptors (Lipinski definition) is 7. The topological polar surface area (TPSA) is 100 Å². The van der Waals surface area contributed by atoms with Crippen molar-refractivity contribution in [2.45, 2.75) is 336 Å². The maximum atomic E-state index is 12.3. The van der Waals surface area contributed by atoms with Crippen LogP contribution in [0.5, 0.6) is 23.0 Å². The molecule has 0 saturated heterocycles. The summed E-state index contributed by atoms with van der Waals surface area (Å²) in [6.45, 7) is 11.6. The zero-order valence-corrected chi connectivity index (χ0v) is 55.2. The van der Waals surface area contributed by atoms with Crippen molar-refractivity contribution in [1.29, 1.82) is 0 Å². The number of nitrogens with zero attached hydrogens (tertiary/aromatic N) is 2. The van der Waals surface area contributed by atoms with E-state index in [9.17, 15) is 9.90 Å². The van der Waals surface area contributed by atoms with E-state index in [1.807, 2.05) is 0 Å². The molecular formula is C77H124N2O6. The summed E-state index contributed by atoms with van der Waals surface area (Å²) in [6, 6.07) is 13.7. The lowest BCUT2D eigenvalue weighted by Gasteiger charge is -2.19. The fourth-order valence-corrected chi connectivity index (χ4v) is 12.5. The summed E-state index contributed by atoms with van der Waals surface area (Å²) in [4.78, 5) is 22.9. The molecule has 1 aromatic heterocycles. The molecule has 0 atom stereocenters. The summed E-state index contributed by atoms with van der Waals surface area (Å²) >= 11 is 0. The van der Waals surface area contributed by atoms with Crippen LogP contribution in [0, 0.1) is 0 Å². The highest BCUT2D eigenvalue weighted by atomic mass is 16.5. The first-order valence-electron chi connectivity index (χ1n) is 36.4. The smallest absolute Gasteiger partial charge is 0.335 e. The number of rotatable bonds is 57. The summed E-state index contributed by atoms with van der Waals surface area (Å²) in [5.74, 6) is 2.00. The van der Waals surface area contributed by atoms with Gasteiger partial charge in [0.25, 0.3) is 0 Å². The summed E-state index contributed by atoms with van der Waals surface area (Å²) in [5.41, 5.74) is 2.84. The molecule has 1 heterocycles. The van der Waals surface area contributed by atoms with E-state index in [0.717, 1.165) is 101 Å². The molecule has 0 radical (unpaired) electrons. The van der Waals surface area contributed by atoms with Gasteiger partial charge in [-0.05, 0) is 78.9 Å². The molecule has 5 aromatic rings. The summed E-state index contributed by atoms with van der Waals surface area (Å²) in [5, 5.41) is 13.9. The SMILES string of the molecule is CCCCCCCCCCCCCCOc1cc2c3cc(OCCCCCCCCCCCCCC)c(OCCCCCCCCCCCCCC)cc3c3nc4cc(C(=O)O)ccc4nc3c2cc1OCCCCCCCCCCCCCC. The van der Waals surface area contributed by atoms with Gasteiger partial charge in [-0.15, -0.1) is 0 Å². The molecule has 4 aromatic carbocycles. The average molecular weight is 1170 g/mol. The molecule has 0 bridgehead atoms. The Morgan fingerprint density at radius 3 is 0.765 bits per heavy atom. The Hall–Kier alpha value is -4.33. The molecule has 0 spiro atoms. The molecular weight excluding hydrogens is 1050 g/mol. The molecule has 8 nitrogen and oxygen atoms in total. The number of ether oxygens (including phenoxy) is 4. The van der Waals surface area contributed by atoms with Crippen molar-refractivity contribution >= 4 is 49.6 Å². The van der Waals surface area contributed by atoms with Crippen LogP contribution in [0.15, 0.2) is 42.5 Å². The van der Waals surface area contributed by atoms with Crippen LogP contribution in [0.3, 0.4) is 0 Å². The number of fused-ring (bicyclic) bond motifs is 7. The maximum Gasteiger partial charge on any atom is 0.335 e. The molecule has 0 aliphatic heterocycles. The zero-order chi connectivity index (χ0) is 60.0. The molecule has 0 aliphatic carbocycles. The molecule has 8 heteroatoms. The van der Waals surface area contributed by atoms with Crippen molar-refractivity contribution in [3.05, 3.63) is 48.0 Å². The van der Waals surface area contributed by atoms with Gasteiger partial charge in [-0.1, -0.05) is 310 Å². The predicted octanol–water partition coefficient (Wildman–Crippen LogP) is 25.1. The highest BCUT2D eigenvalue weighted by Gasteiger charge is 2.21. The van der Waals surface area contributed by atoms with Crippen molar-refractivity contribution in [2.24, 2.45) is 0 Å². The van der Waals surface area contributed by atoms with Crippen molar-refractivity contribution in [2.75, 3.05) is 26.4 Å². The third kappa shape index (κ3) is 29.0. The predicted molar refractivity (Wildman–Crippen MR) is 365 cm³/mol. The molecule has 0 amide bonds. The quantitative estimate of drug-likeness (QED) is 0.0233. The van der Waals surface area contributed by atoms with Gasteiger partial charge < -0.3 is 24.1 Å². The Kier molecular flexibility index (Phi) is 39.3. The lowest BCUT2D eigenvalue weighted by Crippen LogP contribution is -2.05. The van der Waals surface area contributed by atoms with Gasteiger partial charge in [-0.2, -0.15) is 0 Å². The van der Waals surface area contributed by atoms with Gasteiger partial charge >= 0.3 is 5.97 Å². The highest BCUT2D eigenvalue weighted by molar-refractivity contribution is 6.25. The monoisotopic (exact) mass is 1170 g/mol. The number of benzene rings is 4. The van der Waals surface area contributed by atoms with E-state index in [1.165, 1.54) is 257 Å². The fraction of sp³-hybridized carbons (Fsp3) is 0.727. The van der Waals surface area contributed by atoms with Gasteiger partial charge in [0.05, 0.1) is 54.1 Å². The van der Waals surface area contributed by atoms with Crippen LogP contribution in [0.1, 0.15) is 346 Å². The largest absolute Gasteiger partial charge is 0.490 e. The van der Waals surface area contributed by atoms with Crippen LogP contribution >= 0.6 is 0 Å². The zero-order valence-electron chi connectivity index (χ0n) is 55.2. The second-order valence-electron chi connectivity index (χ2n) is 25.6. The van der Waals surface area contributed by atoms with E-state index in [0.29, 0.717) is 43.0 Å². The van der Waals surface area contributed by atoms with Gasteiger partial charge in [-0.25, -0.2) is 14.8 Å². The summed E-state index contributed by atoms with van der Waals surface area (Å²) in [7, 11) is 0. The Balaban J connectivity index is 1.39. The summed E-state index contributed by atoms with van der Waals surface area (Å²) in [6.07, 6.45) is 62.1. The standard InChI is InChI=1S/C77H124N2O6/c1-5-9-13-17-21-25-29-33-37-41-45-49-55-82-71-60-65-66-61-72(83-56-50-46-42-38-34-30-26-22-18-14-10-6-2)74(85-58-52-48-44-40-36-32-28-24-20-16-12-8-4)63-68(66)76-75(78-69-54-53-64(77(80)81)59-70(69)79-76)67(65)62-73(71)84-57-51-47-43-39-35-31-27-23-19-15-11-7-3/h53-54,59-63H,5-52,55-58H2,1-4H3,(H,80,81). The Morgan fingerprint density at radius 2 is 0.518 bits per heavy atom. The van der Waals surface area contributed by atoms with Crippen LogP contribution in [-0.4, -0.2) is 47.5 Å². The highest BCUT2D eigenvalue weighted by Crippen LogP contribution is 2.44. The lowest BCUT2D eigenvalue weighted by atomic mass is 9.97. The van der Waals surface area contributed by atoms with Crippen molar-refractivity contribution in [3.63, 3.8) is 0 Å². The van der Waals surface area contributed by atoms with E-state index in [4.69, 9.17) is 28.9 Å². The maximum absolute atomic E-state index is 12.3. The number of carbonyl (C=O) groups is 1. The van der Waals surface area contributed by atoms with E-state index in [1.54, 1.807) is 18.2 Å².